The Hall–Kier alpha value is -4.04. The molecule has 3 aromatic carbocycles. The normalized spacial score (nSPS) is 13.9. The molecule has 0 saturated heterocycles. The van der Waals surface area contributed by atoms with Gasteiger partial charge in [-0.2, -0.15) is 0 Å². The number of nitrogens with one attached hydrogen (secondary N) is 2. The maximum Gasteiger partial charge on any atom is 0.255 e. The van der Waals surface area contributed by atoms with Gasteiger partial charge in [-0.25, -0.2) is 0 Å². The van der Waals surface area contributed by atoms with Gasteiger partial charge >= 0.3 is 0 Å². The van der Waals surface area contributed by atoms with Crippen LogP contribution in [0.15, 0.2) is 53.3 Å². The maximum atomic E-state index is 13.3. The Morgan fingerprint density at radius 3 is 2.27 bits per heavy atom. The fourth-order valence-electron chi connectivity index (χ4n) is 4.61. The summed E-state index contributed by atoms with van der Waals surface area (Å²) < 4.78 is 16.9. The lowest BCUT2D eigenvalue weighted by molar-refractivity contribution is -0.119. The van der Waals surface area contributed by atoms with Crippen LogP contribution in [0.5, 0.6) is 17.2 Å². The van der Waals surface area contributed by atoms with E-state index in [0.29, 0.717) is 51.8 Å². The van der Waals surface area contributed by atoms with Crippen LogP contribution in [0, 0.1) is 0 Å². The molecule has 0 aromatic heterocycles. The largest absolute Gasteiger partial charge is 0.493 e. The molecule has 192 valence electrons. The quantitative estimate of drug-likeness (QED) is 0.483. The number of halogens is 1. The van der Waals surface area contributed by atoms with Crippen LogP contribution in [0.1, 0.15) is 40.9 Å². The molecule has 2 N–H and O–H groups in total. The minimum Gasteiger partial charge on any atom is -0.493 e. The summed E-state index contributed by atoms with van der Waals surface area (Å²) in [6, 6.07) is 12.6. The standard InChI is InChI=1S/C28H27ClN2O6/c1-15(32)30-21-11-7-17-13-24(35-2)26(36-3)27(37-4)25(17)19-10-12-22(23(33)14-20(19)21)31-28(34)16-5-8-18(29)9-6-16/h5-6,8-10,12-14,21H,7,11H2,1-4H3,(H,30,32)(H,31,33,34). The van der Waals surface area contributed by atoms with Crippen molar-refractivity contribution in [1.82, 2.24) is 5.32 Å². The summed E-state index contributed by atoms with van der Waals surface area (Å²) in [7, 11) is 4.61. The molecule has 1 aliphatic carbocycles. The zero-order valence-electron chi connectivity index (χ0n) is 20.9. The van der Waals surface area contributed by atoms with Crippen molar-refractivity contribution in [1.29, 1.82) is 0 Å². The molecular formula is C28H27ClN2O6. The van der Waals surface area contributed by atoms with Gasteiger partial charge in [0.15, 0.2) is 11.5 Å². The van der Waals surface area contributed by atoms with Crippen molar-refractivity contribution in [2.75, 3.05) is 26.6 Å². The highest BCUT2D eigenvalue weighted by molar-refractivity contribution is 6.30. The number of hydrogen-bond donors (Lipinski definition) is 2. The van der Waals surface area contributed by atoms with Gasteiger partial charge in [-0.15, -0.1) is 0 Å². The van der Waals surface area contributed by atoms with Crippen molar-refractivity contribution in [3.63, 3.8) is 0 Å². The molecular weight excluding hydrogens is 496 g/mol. The molecule has 1 aliphatic rings. The second-order valence-electron chi connectivity index (χ2n) is 8.56. The van der Waals surface area contributed by atoms with Crippen LogP contribution in [0.4, 0.5) is 5.69 Å². The number of anilines is 1. The van der Waals surface area contributed by atoms with E-state index in [1.54, 1.807) is 43.5 Å². The van der Waals surface area contributed by atoms with Crippen LogP contribution >= 0.6 is 11.6 Å². The summed E-state index contributed by atoms with van der Waals surface area (Å²) in [5.41, 5.74) is 2.97. The van der Waals surface area contributed by atoms with Crippen molar-refractivity contribution in [3.05, 3.63) is 80.5 Å². The summed E-state index contributed by atoms with van der Waals surface area (Å²) in [4.78, 5) is 38.2. The van der Waals surface area contributed by atoms with Crippen LogP contribution in [-0.4, -0.2) is 33.1 Å². The van der Waals surface area contributed by atoms with Crippen molar-refractivity contribution in [2.24, 2.45) is 0 Å². The Balaban J connectivity index is 1.92. The molecule has 0 aliphatic heterocycles. The molecule has 8 nitrogen and oxygen atoms in total. The summed E-state index contributed by atoms with van der Waals surface area (Å²) in [6.45, 7) is 1.43. The third-order valence-electron chi connectivity index (χ3n) is 6.27. The van der Waals surface area contributed by atoms with Gasteiger partial charge in [0.25, 0.3) is 5.91 Å². The van der Waals surface area contributed by atoms with Crippen molar-refractivity contribution >= 4 is 29.1 Å². The molecule has 0 fully saturated rings. The third kappa shape index (κ3) is 5.24. The number of carbonyl (C=O) groups is 2. The molecule has 1 atom stereocenters. The second kappa shape index (κ2) is 10.9. The number of aryl methyl sites for hydroxylation is 1. The molecule has 3 aromatic rings. The molecule has 0 saturated carbocycles. The van der Waals surface area contributed by atoms with E-state index >= 15 is 0 Å². The van der Waals surface area contributed by atoms with E-state index in [1.165, 1.54) is 27.2 Å². The number of amides is 2. The smallest absolute Gasteiger partial charge is 0.255 e. The highest BCUT2D eigenvalue weighted by atomic mass is 35.5. The van der Waals surface area contributed by atoms with E-state index in [1.807, 2.05) is 6.07 Å². The lowest BCUT2D eigenvalue weighted by Crippen LogP contribution is -2.26. The second-order valence-corrected chi connectivity index (χ2v) is 8.99. The number of rotatable bonds is 6. The molecule has 0 radical (unpaired) electrons. The molecule has 37 heavy (non-hydrogen) atoms. The predicted octanol–water partition coefficient (Wildman–Crippen LogP) is 4.77. The topological polar surface area (TPSA) is 103 Å². The number of fused-ring (bicyclic) bond motifs is 3. The van der Waals surface area contributed by atoms with Crippen molar-refractivity contribution in [2.45, 2.75) is 25.8 Å². The van der Waals surface area contributed by atoms with Gasteiger partial charge in [-0.05, 0) is 72.0 Å². The minimum absolute atomic E-state index is 0.0931. The molecule has 9 heteroatoms. The van der Waals surface area contributed by atoms with Gasteiger partial charge in [0.05, 0.1) is 33.1 Å². The van der Waals surface area contributed by atoms with Crippen LogP contribution in [0.25, 0.3) is 11.1 Å². The van der Waals surface area contributed by atoms with Gasteiger partial charge in [0, 0.05) is 23.1 Å². The van der Waals surface area contributed by atoms with Crippen LogP contribution in [0.3, 0.4) is 0 Å². The lowest BCUT2D eigenvalue weighted by Gasteiger charge is -2.19. The zero-order chi connectivity index (χ0) is 26.7. The Bertz CT molecular complexity index is 1420. The summed E-state index contributed by atoms with van der Waals surface area (Å²) >= 11 is 5.92. The number of carbonyl (C=O) groups excluding carboxylic acids is 2. The number of methoxy groups -OCH3 is 3. The monoisotopic (exact) mass is 522 g/mol. The number of benzene rings is 2. The first-order valence-electron chi connectivity index (χ1n) is 11.6. The first kappa shape index (κ1) is 26.0. The SMILES string of the molecule is COc1cc2c(c(OC)c1OC)-c1ccc(NC(=O)c3ccc(Cl)cc3)c(=O)cc1C(NC(C)=O)CC2. The van der Waals surface area contributed by atoms with Crippen molar-refractivity contribution in [3.8, 4) is 28.4 Å². The highest BCUT2D eigenvalue weighted by Gasteiger charge is 2.29. The molecule has 0 spiro atoms. The fourth-order valence-corrected chi connectivity index (χ4v) is 4.73. The molecule has 4 rings (SSSR count). The molecule has 1 unspecified atom stereocenters. The van der Waals surface area contributed by atoms with E-state index in [0.717, 1.165) is 11.1 Å². The Morgan fingerprint density at radius 2 is 1.65 bits per heavy atom. The average Bonchev–Trinajstić information content (AvgIpc) is 3.12. The van der Waals surface area contributed by atoms with Crippen molar-refractivity contribution < 1.29 is 23.8 Å². The van der Waals surface area contributed by atoms with Gasteiger partial charge in [-0.1, -0.05) is 17.7 Å². The van der Waals surface area contributed by atoms with E-state index < -0.39 is 17.4 Å². The average molecular weight is 523 g/mol. The van der Waals surface area contributed by atoms with Gasteiger partial charge < -0.3 is 24.8 Å². The lowest BCUT2D eigenvalue weighted by atomic mass is 9.95. The first-order valence-corrected chi connectivity index (χ1v) is 12.0. The van der Waals surface area contributed by atoms with E-state index in [9.17, 15) is 14.4 Å². The highest BCUT2D eigenvalue weighted by Crippen LogP contribution is 2.50. The van der Waals surface area contributed by atoms with E-state index in [4.69, 9.17) is 25.8 Å². The molecule has 2 amide bonds. The third-order valence-corrected chi connectivity index (χ3v) is 6.52. The molecule has 0 heterocycles. The van der Waals surface area contributed by atoms with Gasteiger partial charge in [-0.3, -0.25) is 14.4 Å². The number of hydrogen-bond acceptors (Lipinski definition) is 6. The molecule has 0 bridgehead atoms. The summed E-state index contributed by atoms with van der Waals surface area (Å²) in [5.74, 6) is 0.709. The van der Waals surface area contributed by atoms with Gasteiger partial charge in [0.2, 0.25) is 17.1 Å². The van der Waals surface area contributed by atoms with Crippen LogP contribution in [0.2, 0.25) is 5.02 Å². The number of ether oxygens (including phenoxy) is 3. The maximum absolute atomic E-state index is 13.3. The Labute approximate surface area is 219 Å². The summed E-state index contributed by atoms with van der Waals surface area (Å²) in [6.07, 6.45) is 1.12. The van der Waals surface area contributed by atoms with Crippen LogP contribution in [-0.2, 0) is 11.2 Å². The van der Waals surface area contributed by atoms with Gasteiger partial charge in [0.1, 0.15) is 0 Å². The zero-order valence-corrected chi connectivity index (χ0v) is 21.7. The Morgan fingerprint density at radius 1 is 0.946 bits per heavy atom. The summed E-state index contributed by atoms with van der Waals surface area (Å²) in [5, 5.41) is 6.15. The van der Waals surface area contributed by atoms with E-state index in [2.05, 4.69) is 10.6 Å². The first-order chi connectivity index (χ1) is 17.8. The Kier molecular flexibility index (Phi) is 7.69. The predicted molar refractivity (Wildman–Crippen MR) is 142 cm³/mol. The minimum atomic E-state index is -0.446. The fraction of sp³-hybridized carbons (Fsp3) is 0.250. The van der Waals surface area contributed by atoms with E-state index in [-0.39, 0.29) is 11.6 Å². The van der Waals surface area contributed by atoms with Crippen LogP contribution < -0.4 is 30.3 Å².